The van der Waals surface area contributed by atoms with Crippen molar-refractivity contribution in [3.8, 4) is 0 Å². The summed E-state index contributed by atoms with van der Waals surface area (Å²) >= 11 is 0. The van der Waals surface area contributed by atoms with Gasteiger partial charge in [-0.2, -0.15) is 0 Å². The second-order valence-corrected chi connectivity index (χ2v) is 11.0. The molecule has 166 valence electrons. The number of likely N-dealkylation sites (tertiary alicyclic amines) is 1. The lowest BCUT2D eigenvalue weighted by atomic mass is 9.83. The summed E-state index contributed by atoms with van der Waals surface area (Å²) in [6.45, 7) is 1.11. The monoisotopic (exact) mass is 434 g/mol. The summed E-state index contributed by atoms with van der Waals surface area (Å²) in [6.07, 6.45) is 9.08. The highest BCUT2D eigenvalue weighted by Crippen LogP contribution is 2.36. The minimum absolute atomic E-state index is 0.130. The van der Waals surface area contributed by atoms with Crippen molar-refractivity contribution in [3.63, 3.8) is 0 Å². The molecule has 3 aliphatic rings. The highest BCUT2D eigenvalue weighted by atomic mass is 32.2. The molecule has 0 spiro atoms. The third kappa shape index (κ3) is 5.62. The van der Waals surface area contributed by atoms with E-state index in [1.807, 2.05) is 4.90 Å². The van der Waals surface area contributed by atoms with Crippen LogP contribution in [0.15, 0.2) is 30.3 Å². The Morgan fingerprint density at radius 3 is 2.40 bits per heavy atom. The number of piperidine rings is 1. The Hall–Kier alpha value is -1.44. The van der Waals surface area contributed by atoms with Gasteiger partial charge >= 0.3 is 0 Å². The number of hydrogen-bond acceptors (Lipinski definition) is 4. The van der Waals surface area contributed by atoms with Crippen LogP contribution in [0.3, 0.4) is 0 Å². The van der Waals surface area contributed by atoms with E-state index in [4.69, 9.17) is 4.74 Å². The number of amides is 1. The van der Waals surface area contributed by atoms with E-state index in [0.717, 1.165) is 51.4 Å². The van der Waals surface area contributed by atoms with Crippen LogP contribution in [-0.4, -0.2) is 56.8 Å². The second-order valence-electron chi connectivity index (χ2n) is 9.23. The van der Waals surface area contributed by atoms with Crippen LogP contribution in [0.25, 0.3) is 0 Å². The summed E-state index contributed by atoms with van der Waals surface area (Å²) in [4.78, 5) is 14.7. The van der Waals surface area contributed by atoms with Crippen LogP contribution >= 0.6 is 0 Å². The van der Waals surface area contributed by atoms with Gasteiger partial charge in [0.15, 0.2) is 0 Å². The van der Waals surface area contributed by atoms with Gasteiger partial charge in [-0.3, -0.25) is 4.79 Å². The van der Waals surface area contributed by atoms with Crippen LogP contribution in [0.1, 0.15) is 62.8 Å². The van der Waals surface area contributed by atoms with Crippen molar-refractivity contribution in [3.05, 3.63) is 35.9 Å². The highest BCUT2D eigenvalue weighted by Gasteiger charge is 2.41. The van der Waals surface area contributed by atoms with Crippen molar-refractivity contribution in [1.29, 1.82) is 0 Å². The first-order chi connectivity index (χ1) is 14.4. The minimum Gasteiger partial charge on any atom is -0.376 e. The standard InChI is InChI=1S/C23H34N2O4S/c1-30(27,28)24-21-8-5-15-25(23(26)19-9-10-19)22(21)16-29-20-13-11-18(12-14-20)17-6-3-2-4-7-17/h2-4,6-7,18-22,24H,5,8-16H2,1H3/t18?,20?,21-,22-/m0/s1. The Kier molecular flexibility index (Phi) is 6.80. The van der Waals surface area contributed by atoms with Gasteiger partial charge < -0.3 is 9.64 Å². The molecule has 1 saturated heterocycles. The van der Waals surface area contributed by atoms with Crippen LogP contribution in [-0.2, 0) is 19.6 Å². The van der Waals surface area contributed by atoms with Crippen molar-refractivity contribution in [2.24, 2.45) is 5.92 Å². The van der Waals surface area contributed by atoms with Crippen molar-refractivity contribution in [2.45, 2.75) is 75.5 Å². The molecule has 1 heterocycles. The largest absolute Gasteiger partial charge is 0.376 e. The van der Waals surface area contributed by atoms with E-state index in [2.05, 4.69) is 35.1 Å². The van der Waals surface area contributed by atoms with E-state index >= 15 is 0 Å². The van der Waals surface area contributed by atoms with E-state index in [1.165, 1.54) is 11.8 Å². The third-order valence-corrected chi connectivity index (χ3v) is 7.53. The normalized spacial score (nSPS) is 30.2. The molecule has 7 heteroatoms. The summed E-state index contributed by atoms with van der Waals surface area (Å²) in [5, 5.41) is 0. The Morgan fingerprint density at radius 2 is 1.77 bits per heavy atom. The summed E-state index contributed by atoms with van der Waals surface area (Å²) in [5.74, 6) is 0.899. The van der Waals surface area contributed by atoms with Crippen LogP contribution in [0, 0.1) is 5.92 Å². The van der Waals surface area contributed by atoms with Crippen molar-refractivity contribution < 1.29 is 17.9 Å². The van der Waals surface area contributed by atoms with Crippen LogP contribution in [0.4, 0.5) is 0 Å². The second kappa shape index (κ2) is 9.37. The van der Waals surface area contributed by atoms with Gasteiger partial charge in [0.1, 0.15) is 0 Å². The van der Waals surface area contributed by atoms with E-state index in [0.29, 0.717) is 19.1 Å². The first-order valence-electron chi connectivity index (χ1n) is 11.3. The van der Waals surface area contributed by atoms with Gasteiger partial charge in [0.2, 0.25) is 15.9 Å². The van der Waals surface area contributed by atoms with E-state index in [9.17, 15) is 13.2 Å². The SMILES string of the molecule is CS(=O)(=O)N[C@H]1CCCN(C(=O)C2CC2)[C@H]1COC1CCC(c2ccccc2)CC1. The predicted octanol–water partition coefficient (Wildman–Crippen LogP) is 3.05. The van der Waals surface area contributed by atoms with Gasteiger partial charge in [0, 0.05) is 18.5 Å². The predicted molar refractivity (Wildman–Crippen MR) is 117 cm³/mol. The molecule has 0 aromatic heterocycles. The lowest BCUT2D eigenvalue weighted by Crippen LogP contribution is -2.59. The molecule has 30 heavy (non-hydrogen) atoms. The average molecular weight is 435 g/mol. The highest BCUT2D eigenvalue weighted by molar-refractivity contribution is 7.88. The fraction of sp³-hybridized carbons (Fsp3) is 0.696. The van der Waals surface area contributed by atoms with Crippen molar-refractivity contribution in [2.75, 3.05) is 19.4 Å². The van der Waals surface area contributed by atoms with Gasteiger partial charge in [0.05, 0.1) is 25.0 Å². The molecule has 2 atom stereocenters. The average Bonchev–Trinajstić information content (AvgIpc) is 3.57. The molecule has 6 nitrogen and oxygen atoms in total. The van der Waals surface area contributed by atoms with E-state index in [1.54, 1.807) is 0 Å². The molecule has 1 amide bonds. The van der Waals surface area contributed by atoms with Crippen molar-refractivity contribution >= 4 is 15.9 Å². The number of ether oxygens (including phenoxy) is 1. The number of carbonyl (C=O) groups excluding carboxylic acids is 1. The lowest BCUT2D eigenvalue weighted by molar-refractivity contribution is -0.139. The van der Waals surface area contributed by atoms with Crippen LogP contribution in [0.2, 0.25) is 0 Å². The third-order valence-electron chi connectivity index (χ3n) is 6.80. The Balaban J connectivity index is 1.36. The van der Waals surface area contributed by atoms with E-state index in [-0.39, 0.29) is 30.0 Å². The summed E-state index contributed by atoms with van der Waals surface area (Å²) in [5.41, 5.74) is 1.40. The quantitative estimate of drug-likeness (QED) is 0.716. The van der Waals surface area contributed by atoms with Gasteiger partial charge in [-0.15, -0.1) is 0 Å². The Labute approximate surface area is 180 Å². The number of hydrogen-bond donors (Lipinski definition) is 1. The van der Waals surface area contributed by atoms with Crippen molar-refractivity contribution in [1.82, 2.24) is 9.62 Å². The van der Waals surface area contributed by atoms with Crippen LogP contribution in [0.5, 0.6) is 0 Å². The summed E-state index contributed by atoms with van der Waals surface area (Å²) < 4.78 is 32.8. The zero-order valence-electron chi connectivity index (χ0n) is 17.8. The Morgan fingerprint density at radius 1 is 1.07 bits per heavy atom. The molecular weight excluding hydrogens is 400 g/mol. The van der Waals surface area contributed by atoms with Crippen LogP contribution < -0.4 is 4.72 Å². The molecule has 0 bridgehead atoms. The molecule has 2 aliphatic carbocycles. The maximum absolute atomic E-state index is 12.8. The van der Waals surface area contributed by atoms with Gasteiger partial charge in [-0.1, -0.05) is 30.3 Å². The molecule has 1 aromatic carbocycles. The summed E-state index contributed by atoms with van der Waals surface area (Å²) in [6, 6.07) is 10.2. The molecule has 1 aliphatic heterocycles. The smallest absolute Gasteiger partial charge is 0.226 e. The van der Waals surface area contributed by atoms with Gasteiger partial charge in [0.25, 0.3) is 0 Å². The molecular formula is C23H34N2O4S. The number of carbonyl (C=O) groups is 1. The van der Waals surface area contributed by atoms with Gasteiger partial charge in [-0.25, -0.2) is 13.1 Å². The number of rotatable bonds is 7. The maximum Gasteiger partial charge on any atom is 0.226 e. The fourth-order valence-corrected chi connectivity index (χ4v) is 5.86. The maximum atomic E-state index is 12.8. The minimum atomic E-state index is -3.34. The molecule has 0 radical (unpaired) electrons. The first kappa shape index (κ1) is 21.8. The number of benzene rings is 1. The zero-order valence-corrected chi connectivity index (χ0v) is 18.6. The molecule has 0 unspecified atom stereocenters. The first-order valence-corrected chi connectivity index (χ1v) is 13.2. The topological polar surface area (TPSA) is 75.7 Å². The molecule has 1 N–H and O–H groups in total. The zero-order chi connectivity index (χ0) is 21.1. The number of sulfonamides is 1. The Bertz CT molecular complexity index is 817. The lowest BCUT2D eigenvalue weighted by Gasteiger charge is -2.42. The molecule has 2 saturated carbocycles. The number of nitrogens with one attached hydrogen (secondary N) is 1. The fourth-order valence-electron chi connectivity index (χ4n) is 5.04. The van der Waals surface area contributed by atoms with Gasteiger partial charge in [-0.05, 0) is 62.8 Å². The molecule has 3 fully saturated rings. The molecule has 1 aromatic rings. The van der Waals surface area contributed by atoms with E-state index < -0.39 is 10.0 Å². The number of nitrogens with zero attached hydrogens (tertiary/aromatic N) is 1. The molecule has 4 rings (SSSR count). The summed E-state index contributed by atoms with van der Waals surface area (Å²) in [7, 11) is -3.34.